The Kier molecular flexibility index (Phi) is 59.6. The van der Waals surface area contributed by atoms with Gasteiger partial charge in [0, 0.05) is 15.2 Å². The molecule has 0 nitrogen and oxygen atoms in total. The van der Waals surface area contributed by atoms with Crippen molar-refractivity contribution < 1.29 is 0 Å². The van der Waals surface area contributed by atoms with Crippen LogP contribution in [0.3, 0.4) is 0 Å². The SMILES string of the molecule is CCCCCCCCCCCCCCCCCCCCc1cc(-c2ccc3c(c2)C(CCCCCCCCCCCCCCCCCCCC)(CCCCCCCCCCCCCCCCCCCC)c2cc(-c4cc(CCCCCCCCCCCCCCCCCCCC)c(Br)s4)ccc2-3)sc1Br. The van der Waals surface area contributed by atoms with E-state index < -0.39 is 0 Å². The molecule has 0 radical (unpaired) electrons. The van der Waals surface area contributed by atoms with Gasteiger partial charge < -0.3 is 0 Å². The lowest BCUT2D eigenvalue weighted by molar-refractivity contribution is 0.397. The molecule has 1 aliphatic carbocycles. The number of halogens is 2. The van der Waals surface area contributed by atoms with Crippen LogP contribution in [0.2, 0.25) is 0 Å². The molecule has 0 bridgehead atoms. The van der Waals surface area contributed by atoms with Crippen molar-refractivity contribution in [1.82, 2.24) is 0 Å². The lowest BCUT2D eigenvalue weighted by atomic mass is 9.70. The second-order valence-electron chi connectivity index (χ2n) is 34.5. The summed E-state index contributed by atoms with van der Waals surface area (Å²) in [5.41, 5.74) is 12.4. The maximum Gasteiger partial charge on any atom is 0.0737 e. The number of rotatable bonds is 78. The van der Waals surface area contributed by atoms with Crippen LogP contribution in [-0.4, -0.2) is 0 Å². The van der Waals surface area contributed by atoms with Crippen LogP contribution in [0.4, 0.5) is 0 Å². The van der Waals surface area contributed by atoms with Crippen molar-refractivity contribution in [3.63, 3.8) is 0 Å². The highest BCUT2D eigenvalue weighted by Crippen LogP contribution is 2.57. The van der Waals surface area contributed by atoms with Crippen molar-refractivity contribution >= 4 is 54.5 Å². The normalized spacial score (nSPS) is 12.6. The quantitative estimate of drug-likeness (QED) is 0.0387. The van der Waals surface area contributed by atoms with Crippen molar-refractivity contribution in [2.45, 2.75) is 521 Å². The molecule has 105 heavy (non-hydrogen) atoms. The Hall–Kier alpha value is -1.20. The van der Waals surface area contributed by atoms with Crippen molar-refractivity contribution in [1.29, 1.82) is 0 Å². The molecule has 0 fully saturated rings. The van der Waals surface area contributed by atoms with Crippen LogP contribution in [0.15, 0.2) is 56.1 Å². The first-order valence-corrected chi connectivity index (χ1v) is 51.0. The summed E-state index contributed by atoms with van der Waals surface area (Å²) in [5.74, 6) is 0. The van der Waals surface area contributed by atoms with Gasteiger partial charge in [-0.15, -0.1) is 22.7 Å². The smallest absolute Gasteiger partial charge is 0.0737 e. The molecule has 0 saturated carbocycles. The molecule has 0 unspecified atom stereocenters. The Morgan fingerprint density at radius 3 is 0.600 bits per heavy atom. The lowest BCUT2D eigenvalue weighted by Gasteiger charge is -2.33. The van der Waals surface area contributed by atoms with Gasteiger partial charge in [0.1, 0.15) is 0 Å². The lowest BCUT2D eigenvalue weighted by Crippen LogP contribution is -2.25. The minimum Gasteiger partial charge on any atom is -0.128 e. The summed E-state index contributed by atoms with van der Waals surface area (Å²) in [6, 6.07) is 20.9. The van der Waals surface area contributed by atoms with Crippen molar-refractivity contribution in [2.24, 2.45) is 0 Å². The van der Waals surface area contributed by atoms with Crippen molar-refractivity contribution in [2.75, 3.05) is 0 Å². The molecule has 2 heterocycles. The van der Waals surface area contributed by atoms with Gasteiger partial charge >= 0.3 is 0 Å². The number of hydrogen-bond donors (Lipinski definition) is 0. The average molecular weight is 1610 g/mol. The van der Waals surface area contributed by atoms with Gasteiger partial charge in [-0.3, -0.25) is 0 Å². The summed E-state index contributed by atoms with van der Waals surface area (Å²) in [4.78, 5) is 2.92. The monoisotopic (exact) mass is 1610 g/mol. The van der Waals surface area contributed by atoms with Crippen LogP contribution in [-0.2, 0) is 18.3 Å². The van der Waals surface area contributed by atoms with E-state index in [0.717, 1.165) is 0 Å². The first-order chi connectivity index (χ1) is 51.9. The minimum absolute atomic E-state index is 0.0370. The number of unbranched alkanes of at least 4 members (excludes halogenated alkanes) is 68. The van der Waals surface area contributed by atoms with E-state index in [0.29, 0.717) is 0 Å². The molecule has 0 N–H and O–H groups in total. The standard InChI is InChI=1S/C101H172Br2S2/c1-5-9-13-17-21-25-29-33-37-41-45-49-53-57-61-65-69-73-77-91-87-97(104-99(91)102)89-79-81-93-94-82-80-90(98-88-92(100(103)105-98)78-74-70-66-62-58-54-50-46-42-38-34-30-26-22-18-14-10-6-2)86-96(94)101(95(93)85-89,83-75-71-67-63-59-55-51-47-43-39-35-31-27-23-19-15-11-7-3)84-76-72-68-64-60-56-52-48-44-40-36-32-28-24-20-16-12-8-4/h79-82,85-88H,5-78,83-84H2,1-4H3. The fourth-order valence-corrected chi connectivity index (χ4v) is 21.5. The Labute approximate surface area is 680 Å². The number of benzene rings is 2. The summed E-state index contributed by atoms with van der Waals surface area (Å²) < 4.78 is 2.73. The third-order valence-corrected chi connectivity index (χ3v) is 29.0. The maximum atomic E-state index is 4.16. The molecule has 0 saturated heterocycles. The van der Waals surface area contributed by atoms with Gasteiger partial charge in [0.25, 0.3) is 0 Å². The molecular weight excluding hydrogens is 1440 g/mol. The predicted molar refractivity (Wildman–Crippen MR) is 486 cm³/mol. The molecule has 0 aliphatic heterocycles. The van der Waals surface area contributed by atoms with E-state index in [1.54, 1.807) is 11.1 Å². The first kappa shape index (κ1) is 94.4. The molecule has 0 spiro atoms. The van der Waals surface area contributed by atoms with Crippen LogP contribution in [0, 0.1) is 0 Å². The van der Waals surface area contributed by atoms with Gasteiger partial charge in [0.05, 0.1) is 7.57 Å². The van der Waals surface area contributed by atoms with E-state index in [4.69, 9.17) is 0 Å². The van der Waals surface area contributed by atoms with Crippen molar-refractivity contribution in [3.8, 4) is 32.0 Å². The fraction of sp³-hybridized carbons (Fsp3) is 0.802. The summed E-state index contributed by atoms with van der Waals surface area (Å²) in [5, 5.41) is 0. The molecule has 602 valence electrons. The summed E-state index contributed by atoms with van der Waals surface area (Å²) in [6.07, 6.45) is 108. The van der Waals surface area contributed by atoms with E-state index in [1.807, 2.05) is 22.7 Å². The van der Waals surface area contributed by atoms with E-state index in [2.05, 4.69) is 108 Å². The van der Waals surface area contributed by atoms with Gasteiger partial charge in [-0.2, -0.15) is 0 Å². The Morgan fingerprint density at radius 1 is 0.219 bits per heavy atom. The van der Waals surface area contributed by atoms with E-state index in [1.165, 1.54) is 539 Å². The summed E-state index contributed by atoms with van der Waals surface area (Å²) in [6.45, 7) is 9.31. The third kappa shape index (κ3) is 43.6. The zero-order valence-corrected chi connectivity index (χ0v) is 75.2. The first-order valence-electron chi connectivity index (χ1n) is 47.8. The number of thiophene rings is 2. The Bertz CT molecular complexity index is 2400. The van der Waals surface area contributed by atoms with Gasteiger partial charge in [0.2, 0.25) is 0 Å². The van der Waals surface area contributed by atoms with Crippen LogP contribution in [0.1, 0.15) is 525 Å². The second kappa shape index (κ2) is 66.3. The Balaban J connectivity index is 1.21. The van der Waals surface area contributed by atoms with Gasteiger partial charge in [-0.05, 0) is 139 Å². The molecule has 2 aromatic heterocycles. The molecule has 0 amide bonds. The van der Waals surface area contributed by atoms with Crippen LogP contribution in [0.25, 0.3) is 32.0 Å². The average Bonchev–Trinajstić information content (AvgIpc) is 1.56. The van der Waals surface area contributed by atoms with Crippen LogP contribution < -0.4 is 0 Å². The molecule has 4 aromatic rings. The van der Waals surface area contributed by atoms with E-state index in [-0.39, 0.29) is 5.41 Å². The van der Waals surface area contributed by atoms with Crippen LogP contribution >= 0.6 is 54.5 Å². The summed E-state index contributed by atoms with van der Waals surface area (Å²) in [7, 11) is 0. The van der Waals surface area contributed by atoms with Crippen molar-refractivity contribution in [3.05, 3.63) is 78.4 Å². The highest BCUT2D eigenvalue weighted by Gasteiger charge is 2.43. The minimum atomic E-state index is 0.0370. The number of fused-ring (bicyclic) bond motifs is 3. The highest BCUT2D eigenvalue weighted by molar-refractivity contribution is 9.11. The van der Waals surface area contributed by atoms with Gasteiger partial charge in [0.15, 0.2) is 0 Å². The van der Waals surface area contributed by atoms with E-state index >= 15 is 0 Å². The van der Waals surface area contributed by atoms with Gasteiger partial charge in [-0.1, -0.05) is 501 Å². The zero-order chi connectivity index (χ0) is 74.2. The largest absolute Gasteiger partial charge is 0.128 e. The highest BCUT2D eigenvalue weighted by atomic mass is 79.9. The topological polar surface area (TPSA) is 0 Å². The summed E-state index contributed by atoms with van der Waals surface area (Å²) >= 11 is 12.3. The molecule has 5 rings (SSSR count). The number of aryl methyl sites for hydroxylation is 2. The molecule has 0 atom stereocenters. The maximum absolute atomic E-state index is 4.16. The molecule has 2 aromatic carbocycles. The Morgan fingerprint density at radius 2 is 0.400 bits per heavy atom. The molecule has 1 aliphatic rings. The molecule has 4 heteroatoms. The number of hydrogen-bond acceptors (Lipinski definition) is 2. The van der Waals surface area contributed by atoms with Crippen LogP contribution in [0.5, 0.6) is 0 Å². The fourth-order valence-electron chi connectivity index (χ4n) is 18.0. The van der Waals surface area contributed by atoms with E-state index in [9.17, 15) is 0 Å². The zero-order valence-electron chi connectivity index (χ0n) is 70.4. The third-order valence-electron chi connectivity index (χ3n) is 25.0. The molecular formula is C101H172Br2S2. The van der Waals surface area contributed by atoms with Gasteiger partial charge in [-0.25, -0.2) is 0 Å². The second-order valence-corrected chi connectivity index (χ2v) is 39.2. The predicted octanol–water partition coefficient (Wildman–Crippen LogP) is 39.0.